The number of nitrogens with one attached hydrogen (secondary N) is 1. The summed E-state index contributed by atoms with van der Waals surface area (Å²) in [5.41, 5.74) is 0.409. The van der Waals surface area contributed by atoms with Gasteiger partial charge in [-0.2, -0.15) is 0 Å². The van der Waals surface area contributed by atoms with E-state index in [1.54, 1.807) is 6.20 Å². The van der Waals surface area contributed by atoms with Crippen LogP contribution in [-0.2, 0) is 9.31 Å². The molecule has 0 radical (unpaired) electrons. The minimum absolute atomic E-state index is 0.310. The van der Waals surface area contributed by atoms with Crippen molar-refractivity contribution in [2.24, 2.45) is 0 Å². The van der Waals surface area contributed by atoms with Gasteiger partial charge in [-0.3, -0.25) is 0 Å². The van der Waals surface area contributed by atoms with E-state index >= 15 is 0 Å². The molecule has 1 N–H and O–H groups in total. The van der Waals surface area contributed by atoms with Gasteiger partial charge >= 0.3 is 7.12 Å². The van der Waals surface area contributed by atoms with Gasteiger partial charge in [0.05, 0.1) is 11.2 Å². The van der Waals surface area contributed by atoms with E-state index < -0.39 is 0 Å². The van der Waals surface area contributed by atoms with Crippen molar-refractivity contribution in [3.8, 4) is 0 Å². The van der Waals surface area contributed by atoms with Crippen LogP contribution in [0.2, 0.25) is 0 Å². The van der Waals surface area contributed by atoms with Crippen molar-refractivity contribution < 1.29 is 9.31 Å². The van der Waals surface area contributed by atoms with Crippen LogP contribution in [0.15, 0.2) is 24.3 Å². The Hall–Kier alpha value is -1.33. The largest absolute Gasteiger partial charge is 0.487 e. The van der Waals surface area contributed by atoms with E-state index in [1.807, 2.05) is 24.2 Å². The van der Waals surface area contributed by atoms with Crippen LogP contribution in [0.5, 0.6) is 0 Å². The smallest absolute Gasteiger partial charge is 0.400 e. The highest BCUT2D eigenvalue weighted by molar-refractivity contribution is 6.52. The van der Waals surface area contributed by atoms with E-state index in [2.05, 4.69) is 51.8 Å². The van der Waals surface area contributed by atoms with Crippen LogP contribution >= 0.6 is 0 Å². The summed E-state index contributed by atoms with van der Waals surface area (Å²) in [6.07, 6.45) is 3.79. The molecule has 0 atom stereocenters. The summed E-state index contributed by atoms with van der Waals surface area (Å²) in [7, 11) is -0.331. The molecule has 2 heterocycles. The molecule has 0 aromatic carbocycles. The average Bonchev–Trinajstić information content (AvgIpc) is 2.56. The van der Waals surface area contributed by atoms with Crippen LogP contribution in [0.3, 0.4) is 0 Å². The predicted molar refractivity (Wildman–Crippen MR) is 88.1 cm³/mol. The molecule has 5 heteroatoms. The molecular weight excluding hydrogens is 263 g/mol. The maximum Gasteiger partial charge on any atom is 0.487 e. The van der Waals surface area contributed by atoms with Crippen molar-refractivity contribution >= 4 is 19.0 Å². The van der Waals surface area contributed by atoms with Gasteiger partial charge in [0.1, 0.15) is 5.82 Å². The molecule has 1 aliphatic heterocycles. The molecule has 0 spiro atoms. The standard InChI is InChI=1S/C16H25BN2O2/c1-12(2)19-14-13(8-7-11-18-14)9-10-17-20-15(3,4)16(5,6)21-17/h7-12H,1-6H3,(H,18,19)/b10-9+. The number of hydrogen-bond acceptors (Lipinski definition) is 4. The van der Waals surface area contributed by atoms with Crippen LogP contribution < -0.4 is 5.32 Å². The SMILES string of the molecule is CC(C)Nc1ncccc1/C=C/B1OC(C)(C)C(C)(C)O1. The fourth-order valence-corrected chi connectivity index (χ4v) is 2.10. The monoisotopic (exact) mass is 288 g/mol. The zero-order valence-electron chi connectivity index (χ0n) is 13.8. The second kappa shape index (κ2) is 5.81. The molecule has 1 aromatic rings. The molecule has 0 aliphatic carbocycles. The minimum atomic E-state index is -0.331. The first-order valence-corrected chi connectivity index (χ1v) is 7.47. The highest BCUT2D eigenvalue weighted by atomic mass is 16.7. The molecular formula is C16H25BN2O2. The summed E-state index contributed by atoms with van der Waals surface area (Å²) in [5.74, 6) is 2.82. The summed E-state index contributed by atoms with van der Waals surface area (Å²) in [6, 6.07) is 4.29. The Labute approximate surface area is 128 Å². The Morgan fingerprint density at radius 1 is 1.19 bits per heavy atom. The lowest BCUT2D eigenvalue weighted by Gasteiger charge is -2.32. The Kier molecular flexibility index (Phi) is 4.44. The van der Waals surface area contributed by atoms with Crippen molar-refractivity contribution in [2.45, 2.75) is 58.8 Å². The molecule has 0 bridgehead atoms. The second-order valence-corrected chi connectivity index (χ2v) is 6.72. The summed E-state index contributed by atoms with van der Waals surface area (Å²) in [6.45, 7) is 12.4. The van der Waals surface area contributed by atoms with Crippen LogP contribution in [-0.4, -0.2) is 29.3 Å². The van der Waals surface area contributed by atoms with Gasteiger partial charge in [-0.25, -0.2) is 4.98 Å². The van der Waals surface area contributed by atoms with Gasteiger partial charge in [0.25, 0.3) is 0 Å². The Balaban J connectivity index is 2.13. The summed E-state index contributed by atoms with van der Waals surface area (Å²) >= 11 is 0. The Morgan fingerprint density at radius 2 is 1.81 bits per heavy atom. The van der Waals surface area contributed by atoms with Crippen molar-refractivity contribution in [1.29, 1.82) is 0 Å². The summed E-state index contributed by atoms with van der Waals surface area (Å²) < 4.78 is 11.9. The first-order valence-electron chi connectivity index (χ1n) is 7.47. The van der Waals surface area contributed by atoms with Gasteiger partial charge in [-0.15, -0.1) is 0 Å². The minimum Gasteiger partial charge on any atom is -0.400 e. The van der Waals surface area contributed by atoms with E-state index in [9.17, 15) is 0 Å². The maximum atomic E-state index is 5.96. The van der Waals surface area contributed by atoms with Crippen LogP contribution in [0, 0.1) is 0 Å². The number of rotatable bonds is 4. The lowest BCUT2D eigenvalue weighted by atomic mass is 9.89. The fraction of sp³-hybridized carbons (Fsp3) is 0.562. The number of nitrogens with zero attached hydrogens (tertiary/aromatic N) is 1. The number of aromatic nitrogens is 1. The normalized spacial score (nSPS) is 20.4. The third-order valence-electron chi connectivity index (χ3n) is 3.97. The van der Waals surface area contributed by atoms with Gasteiger partial charge in [0, 0.05) is 17.8 Å². The maximum absolute atomic E-state index is 5.96. The molecule has 114 valence electrons. The summed E-state index contributed by atoms with van der Waals surface area (Å²) in [5, 5.41) is 3.34. The molecule has 2 rings (SSSR count). The van der Waals surface area contributed by atoms with Gasteiger partial charge in [0.15, 0.2) is 0 Å². The van der Waals surface area contributed by atoms with Gasteiger partial charge in [-0.1, -0.05) is 12.1 Å². The third kappa shape index (κ3) is 3.66. The van der Waals surface area contributed by atoms with Gasteiger partial charge < -0.3 is 14.6 Å². The number of hydrogen-bond donors (Lipinski definition) is 1. The molecule has 1 aromatic heterocycles. The van der Waals surface area contributed by atoms with Crippen molar-refractivity contribution in [2.75, 3.05) is 5.32 Å². The van der Waals surface area contributed by atoms with Crippen molar-refractivity contribution in [3.05, 3.63) is 29.9 Å². The zero-order valence-corrected chi connectivity index (χ0v) is 13.8. The van der Waals surface area contributed by atoms with Gasteiger partial charge in [-0.05, 0) is 53.7 Å². The van der Waals surface area contributed by atoms with Crippen LogP contribution in [0.1, 0.15) is 47.1 Å². The van der Waals surface area contributed by atoms with Crippen LogP contribution in [0.4, 0.5) is 5.82 Å². The number of anilines is 1. The quantitative estimate of drug-likeness (QED) is 0.860. The lowest BCUT2D eigenvalue weighted by molar-refractivity contribution is 0.00578. The lowest BCUT2D eigenvalue weighted by Crippen LogP contribution is -2.41. The van der Waals surface area contributed by atoms with E-state index in [1.165, 1.54) is 0 Å². The fourth-order valence-electron chi connectivity index (χ4n) is 2.10. The first kappa shape index (κ1) is 16.1. The molecule has 1 fully saturated rings. The molecule has 1 aliphatic rings. The van der Waals surface area contributed by atoms with E-state index in [4.69, 9.17) is 9.31 Å². The number of pyridine rings is 1. The van der Waals surface area contributed by atoms with Gasteiger partial charge in [0.2, 0.25) is 0 Å². The molecule has 4 nitrogen and oxygen atoms in total. The Morgan fingerprint density at radius 3 is 2.38 bits per heavy atom. The topological polar surface area (TPSA) is 43.4 Å². The average molecular weight is 288 g/mol. The van der Waals surface area contributed by atoms with Crippen molar-refractivity contribution in [1.82, 2.24) is 4.98 Å². The van der Waals surface area contributed by atoms with E-state index in [-0.39, 0.29) is 18.3 Å². The second-order valence-electron chi connectivity index (χ2n) is 6.72. The Bertz CT molecular complexity index is 511. The molecule has 0 unspecified atom stereocenters. The molecule has 0 saturated carbocycles. The van der Waals surface area contributed by atoms with Crippen LogP contribution in [0.25, 0.3) is 6.08 Å². The first-order chi connectivity index (χ1) is 9.71. The highest BCUT2D eigenvalue weighted by Crippen LogP contribution is 2.37. The highest BCUT2D eigenvalue weighted by Gasteiger charge is 2.49. The predicted octanol–water partition coefficient (Wildman–Crippen LogP) is 3.55. The van der Waals surface area contributed by atoms with Crippen molar-refractivity contribution in [3.63, 3.8) is 0 Å². The third-order valence-corrected chi connectivity index (χ3v) is 3.97. The van der Waals surface area contributed by atoms with E-state index in [0.717, 1.165) is 11.4 Å². The molecule has 21 heavy (non-hydrogen) atoms. The van der Waals surface area contributed by atoms with E-state index in [0.29, 0.717) is 6.04 Å². The summed E-state index contributed by atoms with van der Waals surface area (Å²) in [4.78, 5) is 4.38. The molecule has 1 saturated heterocycles. The zero-order chi connectivity index (χ0) is 15.7. The molecule has 0 amide bonds.